The first-order chi connectivity index (χ1) is 8.59. The van der Waals surface area contributed by atoms with Crippen LogP contribution in [0.2, 0.25) is 0 Å². The highest BCUT2D eigenvalue weighted by atomic mass is 16.3. The average molecular weight is 245 g/mol. The molecule has 1 aliphatic heterocycles. The average Bonchev–Trinajstić information content (AvgIpc) is 2.34. The van der Waals surface area contributed by atoms with Gasteiger partial charge < -0.3 is 10.0 Å². The number of rotatable bonds is 1. The number of hydrogen-bond donors (Lipinski definition) is 1. The van der Waals surface area contributed by atoms with Crippen molar-refractivity contribution in [3.05, 3.63) is 29.8 Å². The maximum absolute atomic E-state index is 9.75. The van der Waals surface area contributed by atoms with Gasteiger partial charge in [0.1, 0.15) is 5.75 Å². The molecule has 98 valence electrons. The maximum atomic E-state index is 9.75. The molecule has 2 aliphatic rings. The van der Waals surface area contributed by atoms with Gasteiger partial charge >= 0.3 is 0 Å². The van der Waals surface area contributed by atoms with Crippen LogP contribution in [0.15, 0.2) is 24.3 Å². The van der Waals surface area contributed by atoms with Gasteiger partial charge in [-0.2, -0.15) is 0 Å². The van der Waals surface area contributed by atoms with E-state index in [9.17, 15) is 5.11 Å². The third-order valence-corrected chi connectivity index (χ3v) is 5.06. The molecule has 0 aromatic heterocycles. The molecule has 1 aromatic carbocycles. The Morgan fingerprint density at radius 3 is 2.94 bits per heavy atom. The maximum Gasteiger partial charge on any atom is 0.115 e. The molecule has 3 rings (SSSR count). The molecule has 2 nitrogen and oxygen atoms in total. The Bertz CT molecular complexity index is 444. The van der Waals surface area contributed by atoms with Crippen LogP contribution in [0.4, 0.5) is 0 Å². The molecule has 2 fully saturated rings. The van der Waals surface area contributed by atoms with Crippen molar-refractivity contribution in [1.82, 2.24) is 4.90 Å². The summed E-state index contributed by atoms with van der Waals surface area (Å²) in [6.45, 7) is 3.57. The molecule has 0 spiro atoms. The number of likely N-dealkylation sites (tertiary alicyclic amines) is 1. The summed E-state index contributed by atoms with van der Waals surface area (Å²) in [7, 11) is 2.26. The van der Waals surface area contributed by atoms with Crippen molar-refractivity contribution >= 4 is 0 Å². The van der Waals surface area contributed by atoms with Crippen LogP contribution < -0.4 is 0 Å². The summed E-state index contributed by atoms with van der Waals surface area (Å²) in [6, 6.07) is 8.69. The molecule has 0 amide bonds. The first-order valence-corrected chi connectivity index (χ1v) is 7.09. The largest absolute Gasteiger partial charge is 0.508 e. The molecule has 1 saturated carbocycles. The number of aromatic hydroxyl groups is 1. The molecule has 0 radical (unpaired) electrons. The van der Waals surface area contributed by atoms with Gasteiger partial charge in [0.15, 0.2) is 0 Å². The van der Waals surface area contributed by atoms with E-state index in [1.165, 1.54) is 37.8 Å². The van der Waals surface area contributed by atoms with Crippen molar-refractivity contribution in [1.29, 1.82) is 0 Å². The summed E-state index contributed by atoms with van der Waals surface area (Å²) in [5, 5.41) is 9.75. The minimum atomic E-state index is 0.313. The van der Waals surface area contributed by atoms with Crippen molar-refractivity contribution in [3.63, 3.8) is 0 Å². The summed E-state index contributed by atoms with van der Waals surface area (Å²) in [5.74, 6) is 1.20. The van der Waals surface area contributed by atoms with Crippen LogP contribution >= 0.6 is 0 Å². The number of benzene rings is 1. The van der Waals surface area contributed by atoms with Gasteiger partial charge in [-0.25, -0.2) is 0 Å². The molecule has 1 N–H and O–H groups in total. The molecule has 1 aliphatic carbocycles. The van der Waals surface area contributed by atoms with Crippen molar-refractivity contribution in [2.45, 2.75) is 44.1 Å². The van der Waals surface area contributed by atoms with Crippen LogP contribution in [0.5, 0.6) is 5.75 Å². The van der Waals surface area contributed by atoms with Crippen molar-refractivity contribution in [3.8, 4) is 5.75 Å². The van der Waals surface area contributed by atoms with Crippen LogP contribution in [-0.2, 0) is 5.41 Å². The van der Waals surface area contributed by atoms with Crippen LogP contribution in [0.3, 0.4) is 0 Å². The molecular weight excluding hydrogens is 222 g/mol. The fraction of sp³-hybridized carbons (Fsp3) is 0.625. The lowest BCUT2D eigenvalue weighted by Crippen LogP contribution is -2.52. The minimum absolute atomic E-state index is 0.313. The van der Waals surface area contributed by atoms with E-state index in [1.807, 2.05) is 12.1 Å². The normalized spacial score (nSPS) is 36.6. The van der Waals surface area contributed by atoms with Gasteiger partial charge in [0, 0.05) is 6.04 Å². The zero-order valence-electron chi connectivity index (χ0n) is 11.4. The molecule has 0 unspecified atom stereocenters. The second kappa shape index (κ2) is 4.27. The third-order valence-electron chi connectivity index (χ3n) is 5.06. The van der Waals surface area contributed by atoms with E-state index in [4.69, 9.17) is 0 Å². The van der Waals surface area contributed by atoms with E-state index in [0.29, 0.717) is 11.2 Å². The standard InChI is InChI=1S/C16H23NO/c1-12-8-14-11-16(10-12,6-7-17(14)2)13-4-3-5-15(18)9-13/h3-5,9,12,14,18H,6-8,10-11H2,1-2H3/t12-,14+,16-/m0/s1. The van der Waals surface area contributed by atoms with Gasteiger partial charge in [0.05, 0.1) is 0 Å². The predicted molar refractivity (Wildman–Crippen MR) is 73.8 cm³/mol. The van der Waals surface area contributed by atoms with Crippen molar-refractivity contribution < 1.29 is 5.11 Å². The topological polar surface area (TPSA) is 23.5 Å². The molecule has 3 atom stereocenters. The Labute approximate surface area is 110 Å². The van der Waals surface area contributed by atoms with E-state index in [-0.39, 0.29) is 0 Å². The Morgan fingerprint density at radius 1 is 1.33 bits per heavy atom. The fourth-order valence-corrected chi connectivity index (χ4v) is 4.16. The highest BCUT2D eigenvalue weighted by Gasteiger charge is 2.44. The number of nitrogens with zero attached hydrogens (tertiary/aromatic N) is 1. The molecule has 1 saturated heterocycles. The number of piperidine rings is 1. The van der Waals surface area contributed by atoms with Crippen LogP contribution in [0.25, 0.3) is 0 Å². The Hall–Kier alpha value is -1.02. The monoisotopic (exact) mass is 245 g/mol. The summed E-state index contributed by atoms with van der Waals surface area (Å²) in [4.78, 5) is 2.52. The van der Waals surface area contributed by atoms with E-state index in [0.717, 1.165) is 12.0 Å². The van der Waals surface area contributed by atoms with E-state index >= 15 is 0 Å². The zero-order valence-corrected chi connectivity index (χ0v) is 11.4. The second-order valence-electron chi connectivity index (χ2n) is 6.46. The summed E-state index contributed by atoms with van der Waals surface area (Å²) in [5.41, 5.74) is 1.67. The molecular formula is C16H23NO. The molecule has 2 bridgehead atoms. The first-order valence-electron chi connectivity index (χ1n) is 7.09. The summed E-state index contributed by atoms with van der Waals surface area (Å²) < 4.78 is 0. The smallest absolute Gasteiger partial charge is 0.115 e. The lowest BCUT2D eigenvalue weighted by Gasteiger charge is -2.52. The molecule has 2 heteroatoms. The van der Waals surface area contributed by atoms with E-state index < -0.39 is 0 Å². The van der Waals surface area contributed by atoms with Crippen LogP contribution in [0.1, 0.15) is 38.2 Å². The highest BCUT2D eigenvalue weighted by Crippen LogP contribution is 2.48. The zero-order chi connectivity index (χ0) is 12.8. The van der Waals surface area contributed by atoms with Gasteiger partial charge in [-0.1, -0.05) is 19.1 Å². The number of phenols is 1. The van der Waals surface area contributed by atoms with Gasteiger partial charge in [-0.05, 0) is 68.3 Å². The lowest BCUT2D eigenvalue weighted by atomic mass is 9.61. The number of hydrogen-bond acceptors (Lipinski definition) is 2. The van der Waals surface area contributed by atoms with Crippen molar-refractivity contribution in [2.75, 3.05) is 13.6 Å². The Kier molecular flexibility index (Phi) is 2.86. The lowest BCUT2D eigenvalue weighted by molar-refractivity contribution is 0.0466. The van der Waals surface area contributed by atoms with Gasteiger partial charge in [0.25, 0.3) is 0 Å². The second-order valence-corrected chi connectivity index (χ2v) is 6.46. The van der Waals surface area contributed by atoms with Crippen LogP contribution in [-0.4, -0.2) is 29.6 Å². The molecule has 1 heterocycles. The summed E-state index contributed by atoms with van der Waals surface area (Å²) in [6.07, 6.45) is 5.10. The first kappa shape index (κ1) is 12.0. The Balaban J connectivity index is 1.97. The number of phenolic OH excluding ortho intramolecular Hbond substituents is 1. The summed E-state index contributed by atoms with van der Waals surface area (Å²) >= 11 is 0. The van der Waals surface area contributed by atoms with E-state index in [1.54, 1.807) is 6.07 Å². The SMILES string of the molecule is C[C@H]1C[C@@H]2C[C@](c3cccc(O)c3)(CCN2C)C1. The fourth-order valence-electron chi connectivity index (χ4n) is 4.16. The predicted octanol–water partition coefficient (Wildman–Crippen LogP) is 3.15. The van der Waals surface area contributed by atoms with Crippen LogP contribution in [0, 0.1) is 5.92 Å². The van der Waals surface area contributed by atoms with Gasteiger partial charge in [0.2, 0.25) is 0 Å². The quantitative estimate of drug-likeness (QED) is 0.821. The molecule has 1 aromatic rings. The molecule has 18 heavy (non-hydrogen) atoms. The highest BCUT2D eigenvalue weighted by molar-refractivity contribution is 5.34. The third kappa shape index (κ3) is 1.93. The number of fused-ring (bicyclic) bond motifs is 2. The van der Waals surface area contributed by atoms with Gasteiger partial charge in [-0.15, -0.1) is 0 Å². The Morgan fingerprint density at radius 2 is 2.17 bits per heavy atom. The minimum Gasteiger partial charge on any atom is -0.508 e. The van der Waals surface area contributed by atoms with Crippen molar-refractivity contribution in [2.24, 2.45) is 5.92 Å². The van der Waals surface area contributed by atoms with E-state index in [2.05, 4.69) is 24.9 Å². The van der Waals surface area contributed by atoms with Gasteiger partial charge in [-0.3, -0.25) is 0 Å².